The summed E-state index contributed by atoms with van der Waals surface area (Å²) >= 11 is 0. The number of esters is 1. The molecule has 6 unspecified atom stereocenters. The fraction of sp³-hybridized carbons (Fsp3) is 0.947. The minimum Gasteiger partial charge on any atom is 1.00 e. The Morgan fingerprint density at radius 3 is 2.06 bits per heavy atom. The summed E-state index contributed by atoms with van der Waals surface area (Å²) in [7, 11) is 15.8. The summed E-state index contributed by atoms with van der Waals surface area (Å²) in [5, 5.41) is 0.226. The molecule has 6 atom stereocenters. The van der Waals surface area contributed by atoms with Gasteiger partial charge in [-0.1, -0.05) is 0 Å². The van der Waals surface area contributed by atoms with Crippen LogP contribution in [0, 0.1) is 11.8 Å². The summed E-state index contributed by atoms with van der Waals surface area (Å²) in [6.45, 7) is 10.8. The molecule has 17 heteroatoms. The third-order valence-corrected chi connectivity index (χ3v) is 14.0. The van der Waals surface area contributed by atoms with Crippen molar-refractivity contribution in [2.24, 2.45) is 11.8 Å². The fourth-order valence-corrected chi connectivity index (χ4v) is 13.4. The van der Waals surface area contributed by atoms with Gasteiger partial charge in [0.1, 0.15) is 0 Å². The summed E-state index contributed by atoms with van der Waals surface area (Å²) in [5.74, 6) is 2.43. The van der Waals surface area contributed by atoms with Crippen molar-refractivity contribution in [3.63, 3.8) is 0 Å². The third kappa shape index (κ3) is 10.5. The molecule has 0 aliphatic carbocycles. The van der Waals surface area contributed by atoms with E-state index in [0.29, 0.717) is 36.8 Å². The third-order valence-electron chi connectivity index (χ3n) is 8.32. The van der Waals surface area contributed by atoms with Gasteiger partial charge in [-0.2, -0.15) is 0 Å². The van der Waals surface area contributed by atoms with Crippen molar-refractivity contribution in [2.45, 2.75) is 97.2 Å². The average molecular weight is 500 g/mol. The Balaban J connectivity index is 0.0000122. The monoisotopic (exact) mass is 499 g/mol. The van der Waals surface area contributed by atoms with E-state index in [9.17, 15) is 4.79 Å². The van der Waals surface area contributed by atoms with E-state index in [1.807, 2.05) is 0 Å². The van der Waals surface area contributed by atoms with Crippen LogP contribution in [0.15, 0.2) is 0 Å². The van der Waals surface area contributed by atoms with E-state index in [0.717, 1.165) is 13.5 Å². The largest absolute Gasteiger partial charge is 1.00 e. The number of carbonyl (C=O) groups excluding carboxylic acids is 1. The van der Waals surface area contributed by atoms with Crippen LogP contribution in [0.5, 0.6) is 0 Å². The molecule has 184 valence electrons. The molecule has 0 bridgehead atoms. The molecule has 1 aliphatic rings. The number of ether oxygens (including phenoxy) is 2. The van der Waals surface area contributed by atoms with Gasteiger partial charge in [0, 0.05) is 0 Å². The van der Waals surface area contributed by atoms with E-state index in [2.05, 4.69) is 80.2 Å². The first-order chi connectivity index (χ1) is 16.5. The second-order valence-corrected chi connectivity index (χ2v) is 15.6. The molecule has 2 radical (unpaired) electrons. The van der Waals surface area contributed by atoms with Crippen LogP contribution in [0.1, 0.15) is 79.6 Å². The van der Waals surface area contributed by atoms with Crippen LogP contribution in [0.3, 0.4) is 0 Å². The molecule has 1 aliphatic heterocycles. The zero-order valence-corrected chi connectivity index (χ0v) is 28.8. The first kappa shape index (κ1) is 37.6. The van der Waals surface area contributed by atoms with Gasteiger partial charge in [0.2, 0.25) is 0 Å². The molecule has 0 aromatic rings. The van der Waals surface area contributed by atoms with Crippen molar-refractivity contribution in [2.75, 3.05) is 5.75 Å². The van der Waals surface area contributed by atoms with Gasteiger partial charge in [0.15, 0.2) is 0 Å². The second-order valence-electron chi connectivity index (χ2n) is 12.0. The van der Waals surface area contributed by atoms with Crippen molar-refractivity contribution in [1.82, 2.24) is 0 Å². The van der Waals surface area contributed by atoms with E-state index in [1.54, 1.807) is 6.92 Å². The van der Waals surface area contributed by atoms with Crippen LogP contribution < -0.4 is 29.6 Å². The molecule has 0 N–H and O–H groups in total. The second kappa shape index (κ2) is 18.8. The van der Waals surface area contributed by atoms with Crippen LogP contribution in [0.2, 0.25) is 0 Å². The van der Waals surface area contributed by atoms with E-state index >= 15 is 0 Å². The molecular formula is C19H48B12NaO3S+. The summed E-state index contributed by atoms with van der Waals surface area (Å²) in [6, 6.07) is 2.73. The number of unbranched alkanes of at least 4 members (excludes halogenated alkanes) is 5. The van der Waals surface area contributed by atoms with Gasteiger partial charge < -0.3 is 0 Å². The van der Waals surface area contributed by atoms with Gasteiger partial charge >= 0.3 is 258 Å². The van der Waals surface area contributed by atoms with E-state index in [1.165, 1.54) is 44.3 Å². The molecule has 0 aromatic carbocycles. The smallest absolute Gasteiger partial charge is 1.00 e. The summed E-state index contributed by atoms with van der Waals surface area (Å²) in [5.41, 5.74) is 0. The maximum Gasteiger partial charge on any atom is 1.00 e. The zero-order chi connectivity index (χ0) is 26.8. The normalized spacial score (nSPS) is 24.9. The number of hydrogen-bond donors (Lipinski definition) is 0. The van der Waals surface area contributed by atoms with Gasteiger partial charge in [-0.3, -0.25) is 0 Å². The van der Waals surface area contributed by atoms with E-state index in [-0.39, 0.29) is 46.9 Å². The molecule has 0 aromatic heterocycles. The molecule has 1 saturated heterocycles. The van der Waals surface area contributed by atoms with Gasteiger partial charge in [-0.25, -0.2) is 0 Å². The minimum atomic E-state index is -1.32. The Labute approximate surface area is 256 Å². The number of rotatable bonds is 15. The van der Waals surface area contributed by atoms with Crippen molar-refractivity contribution >= 4 is 99.7 Å². The molecule has 0 saturated carbocycles. The van der Waals surface area contributed by atoms with Crippen molar-refractivity contribution in [3.8, 4) is 0 Å². The Kier molecular flexibility index (Phi) is 19.6. The predicted octanol–water partition coefficient (Wildman–Crippen LogP) is -6.01. The van der Waals surface area contributed by atoms with Crippen molar-refractivity contribution < 1.29 is 43.8 Å². The molecule has 0 spiro atoms. The van der Waals surface area contributed by atoms with Gasteiger partial charge in [0.25, 0.3) is 0 Å². The van der Waals surface area contributed by atoms with Crippen molar-refractivity contribution in [3.05, 3.63) is 0 Å². The fourth-order valence-electron chi connectivity index (χ4n) is 6.71. The van der Waals surface area contributed by atoms with Crippen LogP contribution in [0.25, 0.3) is 0 Å². The van der Waals surface area contributed by atoms with Crippen LogP contribution >= 0.6 is 0 Å². The maximum absolute atomic E-state index is 12.3. The van der Waals surface area contributed by atoms with Crippen molar-refractivity contribution in [1.29, 1.82) is 0 Å². The minimum absolute atomic E-state index is 0. The molecular weight excluding hydrogens is 451 g/mol. The average Bonchev–Trinajstić information content (AvgIpc) is 2.77. The SMILES string of the molecule is [10BH-][10BH][10B]([10BH2])[10B]=[S+](CCCCCCCC)([10B]([10B]([10BH2])[10BH2])[10B]([10BH2])[10BH2])C1C(OC(C)=O)OC(CC)C(C)C1C.[Na+]. The molecule has 3 nitrogen and oxygen atoms in total. The van der Waals surface area contributed by atoms with E-state index < -0.39 is 15.6 Å². The predicted molar refractivity (Wildman–Crippen MR) is 184 cm³/mol. The Hall–Kier alpha value is 1.56. The first-order valence-corrected chi connectivity index (χ1v) is 16.7. The summed E-state index contributed by atoms with van der Waals surface area (Å²) in [6.07, 6.45) is 10.0. The zero-order valence-electron chi connectivity index (χ0n) is 26.0. The molecule has 1 heterocycles. The van der Waals surface area contributed by atoms with Crippen LogP contribution in [0.4, 0.5) is 0 Å². The number of carbonyl (C=O) groups is 1. The quantitative estimate of drug-likeness (QED) is 0.0974. The Morgan fingerprint density at radius 1 is 1.03 bits per heavy atom. The number of hydrogen-bond acceptors (Lipinski definition) is 3. The molecule has 0 amide bonds. The Bertz CT molecular complexity index is 684. The molecule has 36 heavy (non-hydrogen) atoms. The topological polar surface area (TPSA) is 35.5 Å². The van der Waals surface area contributed by atoms with Gasteiger partial charge in [-0.05, 0) is 0 Å². The Morgan fingerprint density at radius 2 is 1.58 bits per heavy atom. The van der Waals surface area contributed by atoms with E-state index in [4.69, 9.17) is 9.47 Å². The summed E-state index contributed by atoms with van der Waals surface area (Å²) < 4.78 is 12.7. The maximum atomic E-state index is 12.3. The summed E-state index contributed by atoms with van der Waals surface area (Å²) in [4.78, 5) is 12.3. The standard InChI is InChI=1S/C19H48B12O3S.Na/c1-6-8-9-10-11-12-13-35(27-30(25)26-20,31(28(21)22)29(23)24)18-15(4)14(3)17(7-2)34-19(18)33-16(5)32;/h14-15,17-20,26H,6-13,21-25H2,1-5H3;/q;+1/i20-1,21-1,22-1,23-1,24-1,25-1,26-1,27-1,28-1,29-1,30-1,31-1;. The van der Waals surface area contributed by atoms with Crippen LogP contribution in [-0.4, -0.2) is 114 Å². The van der Waals surface area contributed by atoms with Gasteiger partial charge in [-0.15, -0.1) is 0 Å². The molecule has 1 rings (SSSR count). The first-order valence-electron chi connectivity index (χ1n) is 14.7. The molecule has 1 fully saturated rings. The van der Waals surface area contributed by atoms with Crippen LogP contribution in [-0.2, 0) is 23.6 Å². The van der Waals surface area contributed by atoms with Gasteiger partial charge in [0.05, 0.1) is 0 Å².